The summed E-state index contributed by atoms with van der Waals surface area (Å²) in [5.74, 6) is 5.14. The maximum Gasteiger partial charge on any atom is 0.227 e. The van der Waals surface area contributed by atoms with Crippen LogP contribution >= 0.6 is 0 Å². The molecule has 7 nitrogen and oxygen atoms in total. The van der Waals surface area contributed by atoms with Crippen molar-refractivity contribution >= 4 is 11.8 Å². The van der Waals surface area contributed by atoms with Gasteiger partial charge in [0.25, 0.3) is 0 Å². The van der Waals surface area contributed by atoms with E-state index in [-0.39, 0.29) is 0 Å². The summed E-state index contributed by atoms with van der Waals surface area (Å²) in [5.41, 5.74) is 1.11. The molecule has 1 fully saturated rings. The zero-order valence-corrected chi connectivity index (χ0v) is 16.3. The number of aromatic nitrogens is 5. The third-order valence-electron chi connectivity index (χ3n) is 5.53. The van der Waals surface area contributed by atoms with Crippen LogP contribution in [0, 0.1) is 0 Å². The molecule has 2 aliphatic rings. The Balaban J connectivity index is 1.51. The molecular weight excluding hydrogens is 326 g/mol. The monoisotopic (exact) mass is 355 g/mol. The minimum atomic E-state index is 0.395. The van der Waals surface area contributed by atoms with Crippen molar-refractivity contribution in [2.45, 2.75) is 57.9 Å². The number of fused-ring (bicyclic) bond motifs is 1. The SMILES string of the molecule is CC(C)c1cc(N2CCC(c3nnc4n3CCC4)CC2)nc(N(C)C)n1. The first-order valence-electron chi connectivity index (χ1n) is 9.76. The molecule has 0 bridgehead atoms. The van der Waals surface area contributed by atoms with Gasteiger partial charge < -0.3 is 14.4 Å². The lowest BCUT2D eigenvalue weighted by atomic mass is 9.95. The molecule has 0 spiro atoms. The van der Waals surface area contributed by atoms with Crippen LogP contribution in [0.1, 0.15) is 62.3 Å². The number of hydrogen-bond acceptors (Lipinski definition) is 6. The Morgan fingerprint density at radius 1 is 1.08 bits per heavy atom. The van der Waals surface area contributed by atoms with Crippen LogP contribution in [-0.4, -0.2) is 51.9 Å². The highest BCUT2D eigenvalue weighted by Crippen LogP contribution is 2.32. The van der Waals surface area contributed by atoms with Gasteiger partial charge in [-0.1, -0.05) is 13.8 Å². The number of hydrogen-bond donors (Lipinski definition) is 0. The van der Waals surface area contributed by atoms with Gasteiger partial charge in [0.1, 0.15) is 17.5 Å². The maximum absolute atomic E-state index is 4.79. The largest absolute Gasteiger partial charge is 0.356 e. The van der Waals surface area contributed by atoms with E-state index in [1.54, 1.807) is 0 Å². The summed E-state index contributed by atoms with van der Waals surface area (Å²) in [6.45, 7) is 7.48. The van der Waals surface area contributed by atoms with Gasteiger partial charge in [0.15, 0.2) is 0 Å². The first-order chi connectivity index (χ1) is 12.5. The average Bonchev–Trinajstić information content (AvgIpc) is 3.25. The molecule has 0 saturated carbocycles. The zero-order valence-electron chi connectivity index (χ0n) is 16.3. The predicted molar refractivity (Wildman–Crippen MR) is 103 cm³/mol. The number of aryl methyl sites for hydroxylation is 1. The molecule has 2 aromatic heterocycles. The highest BCUT2D eigenvalue weighted by molar-refractivity contribution is 5.46. The normalized spacial score (nSPS) is 17.8. The molecule has 26 heavy (non-hydrogen) atoms. The number of piperidine rings is 1. The van der Waals surface area contributed by atoms with Crippen molar-refractivity contribution < 1.29 is 0 Å². The molecular formula is C19H29N7. The molecule has 4 heterocycles. The second-order valence-electron chi connectivity index (χ2n) is 7.99. The molecule has 0 unspecified atom stereocenters. The molecule has 0 atom stereocenters. The van der Waals surface area contributed by atoms with Gasteiger partial charge in [-0.15, -0.1) is 10.2 Å². The zero-order chi connectivity index (χ0) is 18.3. The van der Waals surface area contributed by atoms with Crippen molar-refractivity contribution in [2.75, 3.05) is 37.0 Å². The molecule has 0 N–H and O–H groups in total. The van der Waals surface area contributed by atoms with Gasteiger partial charge in [-0.05, 0) is 25.2 Å². The van der Waals surface area contributed by atoms with Gasteiger partial charge in [0.05, 0.1) is 5.69 Å². The van der Waals surface area contributed by atoms with E-state index < -0.39 is 0 Å². The highest BCUT2D eigenvalue weighted by Gasteiger charge is 2.28. The van der Waals surface area contributed by atoms with Crippen molar-refractivity contribution in [3.05, 3.63) is 23.4 Å². The fraction of sp³-hybridized carbons (Fsp3) is 0.684. The highest BCUT2D eigenvalue weighted by atomic mass is 15.3. The Hall–Kier alpha value is -2.18. The molecule has 0 aliphatic carbocycles. The summed E-state index contributed by atoms with van der Waals surface area (Å²) >= 11 is 0. The summed E-state index contributed by atoms with van der Waals surface area (Å²) in [6, 6.07) is 2.16. The minimum Gasteiger partial charge on any atom is -0.356 e. The Kier molecular flexibility index (Phi) is 4.54. The summed E-state index contributed by atoms with van der Waals surface area (Å²) in [7, 11) is 4.00. The third kappa shape index (κ3) is 3.15. The fourth-order valence-electron chi connectivity index (χ4n) is 3.94. The van der Waals surface area contributed by atoms with Crippen LogP contribution in [0.2, 0.25) is 0 Å². The topological polar surface area (TPSA) is 63.0 Å². The summed E-state index contributed by atoms with van der Waals surface area (Å²) in [4.78, 5) is 13.9. The second kappa shape index (κ2) is 6.85. The van der Waals surface area contributed by atoms with Crippen LogP contribution < -0.4 is 9.80 Å². The van der Waals surface area contributed by atoms with Gasteiger partial charge in [-0.25, -0.2) is 4.98 Å². The van der Waals surface area contributed by atoms with E-state index in [0.717, 1.165) is 56.4 Å². The van der Waals surface area contributed by atoms with E-state index in [1.807, 2.05) is 19.0 Å². The van der Waals surface area contributed by atoms with Gasteiger partial charge in [-0.3, -0.25) is 0 Å². The predicted octanol–water partition coefficient (Wildman–Crippen LogP) is 2.59. The standard InChI is InChI=1S/C19H29N7/c1-13(2)15-12-17(21-19(20-15)24(3)4)25-10-7-14(8-11-25)18-23-22-16-6-5-9-26(16)18/h12-14H,5-11H2,1-4H3. The van der Waals surface area contributed by atoms with Gasteiger partial charge in [0, 0.05) is 52.1 Å². The average molecular weight is 355 g/mol. The Bertz CT molecular complexity index is 746. The minimum absolute atomic E-state index is 0.395. The maximum atomic E-state index is 4.79. The van der Waals surface area contributed by atoms with E-state index in [2.05, 4.69) is 44.6 Å². The lowest BCUT2D eigenvalue weighted by molar-refractivity contribution is 0.465. The lowest BCUT2D eigenvalue weighted by Crippen LogP contribution is -2.34. The van der Waals surface area contributed by atoms with Crippen molar-refractivity contribution in [3.63, 3.8) is 0 Å². The molecule has 2 aromatic rings. The van der Waals surface area contributed by atoms with E-state index in [4.69, 9.17) is 4.98 Å². The second-order valence-corrected chi connectivity index (χ2v) is 7.99. The van der Waals surface area contributed by atoms with Crippen LogP contribution in [0.15, 0.2) is 6.07 Å². The summed E-state index contributed by atoms with van der Waals surface area (Å²) in [5, 5.41) is 8.88. The van der Waals surface area contributed by atoms with Crippen molar-refractivity contribution in [1.29, 1.82) is 0 Å². The Labute approximate surface area is 155 Å². The molecule has 0 amide bonds. The van der Waals surface area contributed by atoms with Gasteiger partial charge in [0.2, 0.25) is 5.95 Å². The van der Waals surface area contributed by atoms with E-state index in [9.17, 15) is 0 Å². The Morgan fingerprint density at radius 2 is 1.85 bits per heavy atom. The van der Waals surface area contributed by atoms with Crippen LogP contribution in [0.5, 0.6) is 0 Å². The van der Waals surface area contributed by atoms with Crippen molar-refractivity contribution in [2.24, 2.45) is 0 Å². The number of nitrogens with zero attached hydrogens (tertiary/aromatic N) is 7. The van der Waals surface area contributed by atoms with E-state index >= 15 is 0 Å². The van der Waals surface area contributed by atoms with Crippen LogP contribution in [0.3, 0.4) is 0 Å². The molecule has 4 rings (SSSR count). The van der Waals surface area contributed by atoms with Crippen LogP contribution in [-0.2, 0) is 13.0 Å². The number of rotatable bonds is 4. The van der Waals surface area contributed by atoms with Gasteiger partial charge >= 0.3 is 0 Å². The summed E-state index contributed by atoms with van der Waals surface area (Å²) in [6.07, 6.45) is 4.51. The van der Waals surface area contributed by atoms with Crippen LogP contribution in [0.25, 0.3) is 0 Å². The number of anilines is 2. The molecule has 0 aromatic carbocycles. The molecule has 1 saturated heterocycles. The molecule has 7 heteroatoms. The van der Waals surface area contributed by atoms with Gasteiger partial charge in [-0.2, -0.15) is 4.98 Å². The van der Waals surface area contributed by atoms with Crippen molar-refractivity contribution in [3.8, 4) is 0 Å². The van der Waals surface area contributed by atoms with Crippen LogP contribution in [0.4, 0.5) is 11.8 Å². The fourth-order valence-corrected chi connectivity index (χ4v) is 3.94. The third-order valence-corrected chi connectivity index (χ3v) is 5.53. The van der Waals surface area contributed by atoms with E-state index in [1.165, 1.54) is 18.1 Å². The molecule has 140 valence electrons. The lowest BCUT2D eigenvalue weighted by Gasteiger charge is -2.33. The smallest absolute Gasteiger partial charge is 0.227 e. The first-order valence-corrected chi connectivity index (χ1v) is 9.76. The quantitative estimate of drug-likeness (QED) is 0.840. The van der Waals surface area contributed by atoms with E-state index in [0.29, 0.717) is 11.8 Å². The first kappa shape index (κ1) is 17.2. The van der Waals surface area contributed by atoms with Crippen molar-refractivity contribution in [1.82, 2.24) is 24.7 Å². The molecule has 0 radical (unpaired) electrons. The molecule has 2 aliphatic heterocycles. The Morgan fingerprint density at radius 3 is 2.54 bits per heavy atom. The summed E-state index contributed by atoms with van der Waals surface area (Å²) < 4.78 is 2.35.